The highest BCUT2D eigenvalue weighted by molar-refractivity contribution is 5.77. The molecule has 6 nitrogen and oxygen atoms in total. The average molecular weight is 862 g/mol. The third kappa shape index (κ3) is 43.4. The zero-order valence-electron chi connectivity index (χ0n) is 40.2. The van der Waals surface area contributed by atoms with E-state index in [1.807, 2.05) is 6.08 Å². The van der Waals surface area contributed by atoms with Crippen molar-refractivity contribution in [2.75, 3.05) is 6.61 Å². The lowest BCUT2D eigenvalue weighted by atomic mass is 10.0. The van der Waals surface area contributed by atoms with E-state index in [0.717, 1.165) is 103 Å². The standard InChI is InChI=1S/C56H95NO5/c1-4-7-10-13-16-19-21-23-25-26-27-28-30-32-34-37-40-43-46-49-56(61)62-52(47-44-41-38-36-33-31-29-24-22-20-17-14-11-8-5-2)50-55(60)57-53(51-58)54(59)48-45-42-39-35-18-15-12-9-6-3/h7,10,16-17,19-20,23-25,27-29,32,34,40,43,52-54,58-59H,4-6,8-9,11-15,18,21-22,26,30-31,33,35-39,41-42,44-51H2,1-3H3,(H,57,60)/b10-7-,19-16-,20-17-,25-23-,28-27-,29-24-,34-32-,43-40-. The Balaban J connectivity index is 4.74. The minimum Gasteiger partial charge on any atom is -0.462 e. The minimum absolute atomic E-state index is 0.0325. The van der Waals surface area contributed by atoms with Crippen LogP contribution in [0, 0.1) is 0 Å². The van der Waals surface area contributed by atoms with E-state index in [9.17, 15) is 19.8 Å². The average Bonchev–Trinajstić information content (AvgIpc) is 3.26. The Morgan fingerprint density at radius 1 is 0.484 bits per heavy atom. The van der Waals surface area contributed by atoms with Gasteiger partial charge < -0.3 is 20.3 Å². The van der Waals surface area contributed by atoms with Gasteiger partial charge >= 0.3 is 5.97 Å². The van der Waals surface area contributed by atoms with Gasteiger partial charge in [-0.1, -0.05) is 208 Å². The summed E-state index contributed by atoms with van der Waals surface area (Å²) < 4.78 is 5.88. The number of aliphatic hydroxyl groups is 2. The number of rotatable bonds is 44. The third-order valence-corrected chi connectivity index (χ3v) is 10.9. The maximum atomic E-state index is 13.2. The fraction of sp³-hybridized carbons (Fsp3) is 0.679. The van der Waals surface area contributed by atoms with Gasteiger partial charge in [-0.05, 0) is 96.3 Å². The first-order valence-electron chi connectivity index (χ1n) is 25.5. The van der Waals surface area contributed by atoms with E-state index in [-0.39, 0.29) is 31.3 Å². The molecule has 3 unspecified atom stereocenters. The molecule has 354 valence electrons. The number of allylic oxidation sites excluding steroid dienone is 16. The van der Waals surface area contributed by atoms with Crippen LogP contribution in [0.1, 0.15) is 220 Å². The van der Waals surface area contributed by atoms with Crippen LogP contribution in [0.15, 0.2) is 97.2 Å². The number of unbranched alkanes of at least 4 members (excludes halogenated alkanes) is 16. The first-order valence-corrected chi connectivity index (χ1v) is 25.5. The Labute approximate surface area is 382 Å². The van der Waals surface area contributed by atoms with Crippen molar-refractivity contribution in [2.45, 2.75) is 238 Å². The van der Waals surface area contributed by atoms with Gasteiger partial charge in [0.2, 0.25) is 5.91 Å². The molecule has 0 aromatic heterocycles. The maximum Gasteiger partial charge on any atom is 0.306 e. The predicted molar refractivity (Wildman–Crippen MR) is 268 cm³/mol. The third-order valence-electron chi connectivity index (χ3n) is 10.9. The van der Waals surface area contributed by atoms with Gasteiger partial charge in [-0.2, -0.15) is 0 Å². The number of carbonyl (C=O) groups excluding carboxylic acids is 2. The predicted octanol–water partition coefficient (Wildman–Crippen LogP) is 15.3. The molecule has 0 aromatic carbocycles. The Morgan fingerprint density at radius 3 is 1.35 bits per heavy atom. The van der Waals surface area contributed by atoms with Crippen molar-refractivity contribution >= 4 is 11.9 Å². The molecule has 62 heavy (non-hydrogen) atoms. The van der Waals surface area contributed by atoms with Gasteiger partial charge in [0.15, 0.2) is 0 Å². The number of carbonyl (C=O) groups is 2. The summed E-state index contributed by atoms with van der Waals surface area (Å²) >= 11 is 0. The first-order chi connectivity index (χ1) is 30.5. The largest absolute Gasteiger partial charge is 0.462 e. The number of nitrogens with one attached hydrogen (secondary N) is 1. The van der Waals surface area contributed by atoms with Crippen molar-refractivity contribution in [1.29, 1.82) is 0 Å². The topological polar surface area (TPSA) is 95.9 Å². The van der Waals surface area contributed by atoms with Crippen LogP contribution in [0.2, 0.25) is 0 Å². The van der Waals surface area contributed by atoms with E-state index < -0.39 is 18.2 Å². The fourth-order valence-electron chi connectivity index (χ4n) is 7.07. The van der Waals surface area contributed by atoms with E-state index in [1.54, 1.807) is 0 Å². The van der Waals surface area contributed by atoms with E-state index in [4.69, 9.17) is 4.74 Å². The zero-order valence-corrected chi connectivity index (χ0v) is 40.2. The maximum absolute atomic E-state index is 13.2. The van der Waals surface area contributed by atoms with Crippen molar-refractivity contribution < 1.29 is 24.5 Å². The van der Waals surface area contributed by atoms with Gasteiger partial charge in [0.1, 0.15) is 6.10 Å². The lowest BCUT2D eigenvalue weighted by Gasteiger charge is -2.24. The number of amides is 1. The summed E-state index contributed by atoms with van der Waals surface area (Å²) in [7, 11) is 0. The van der Waals surface area contributed by atoms with Crippen molar-refractivity contribution in [1.82, 2.24) is 5.32 Å². The number of ether oxygens (including phenoxy) is 1. The van der Waals surface area contributed by atoms with Crippen LogP contribution < -0.4 is 5.32 Å². The van der Waals surface area contributed by atoms with Crippen molar-refractivity contribution in [3.63, 3.8) is 0 Å². The van der Waals surface area contributed by atoms with Crippen LogP contribution in [-0.4, -0.2) is 46.9 Å². The molecular weight excluding hydrogens is 767 g/mol. The molecule has 0 radical (unpaired) electrons. The summed E-state index contributed by atoms with van der Waals surface area (Å²) in [6, 6.07) is -0.725. The Morgan fingerprint density at radius 2 is 0.871 bits per heavy atom. The van der Waals surface area contributed by atoms with Crippen LogP contribution in [0.5, 0.6) is 0 Å². The molecule has 0 aliphatic carbocycles. The molecule has 0 heterocycles. The summed E-state index contributed by atoms with van der Waals surface area (Å²) in [6.45, 7) is 6.29. The van der Waals surface area contributed by atoms with E-state index in [1.165, 1.54) is 64.2 Å². The van der Waals surface area contributed by atoms with Crippen LogP contribution >= 0.6 is 0 Å². The number of hydrogen-bond acceptors (Lipinski definition) is 5. The van der Waals surface area contributed by atoms with Crippen LogP contribution in [0.4, 0.5) is 0 Å². The Hall–Kier alpha value is -3.22. The smallest absolute Gasteiger partial charge is 0.306 e. The highest BCUT2D eigenvalue weighted by Gasteiger charge is 2.24. The molecule has 6 heteroatoms. The lowest BCUT2D eigenvalue weighted by molar-refractivity contribution is -0.150. The van der Waals surface area contributed by atoms with E-state index in [2.05, 4.69) is 117 Å². The van der Waals surface area contributed by atoms with Gasteiger partial charge in [-0.3, -0.25) is 9.59 Å². The quantitative estimate of drug-likeness (QED) is 0.0322. The van der Waals surface area contributed by atoms with Gasteiger partial charge in [-0.15, -0.1) is 0 Å². The number of aliphatic hydroxyl groups excluding tert-OH is 2. The fourth-order valence-corrected chi connectivity index (χ4v) is 7.07. The SMILES string of the molecule is CC/C=C\C/C=C\C/C=C\C/C=C\C/C=C\C/C=C\CCC(=O)OC(CCCCCCC/C=C\C/C=C\CCCCC)CC(=O)NC(CO)C(O)CCCCCCCCCCC. The number of esters is 1. The monoisotopic (exact) mass is 862 g/mol. The summed E-state index contributed by atoms with van der Waals surface area (Å²) in [6.07, 6.45) is 64.7. The summed E-state index contributed by atoms with van der Waals surface area (Å²) in [4.78, 5) is 26.1. The second-order valence-electron chi connectivity index (χ2n) is 16.8. The van der Waals surface area contributed by atoms with Crippen molar-refractivity contribution in [3.8, 4) is 0 Å². The van der Waals surface area contributed by atoms with E-state index in [0.29, 0.717) is 19.3 Å². The molecular formula is C56H95NO5. The lowest BCUT2D eigenvalue weighted by Crippen LogP contribution is -2.46. The summed E-state index contributed by atoms with van der Waals surface area (Å²) in [5, 5.41) is 23.7. The molecule has 0 aliphatic heterocycles. The normalized spacial score (nSPS) is 14.1. The second-order valence-corrected chi connectivity index (χ2v) is 16.8. The molecule has 0 spiro atoms. The summed E-state index contributed by atoms with van der Waals surface area (Å²) in [5.74, 6) is -0.596. The van der Waals surface area contributed by atoms with Gasteiger partial charge in [-0.25, -0.2) is 0 Å². The molecule has 0 fully saturated rings. The molecule has 0 aromatic rings. The Bertz CT molecular complexity index is 1240. The van der Waals surface area contributed by atoms with Gasteiger partial charge in [0, 0.05) is 6.42 Å². The molecule has 0 rings (SSSR count). The summed E-state index contributed by atoms with van der Waals surface area (Å²) in [5.41, 5.74) is 0. The second kappa shape index (κ2) is 48.8. The van der Waals surface area contributed by atoms with Crippen LogP contribution in [0.25, 0.3) is 0 Å². The van der Waals surface area contributed by atoms with Crippen molar-refractivity contribution in [3.05, 3.63) is 97.2 Å². The molecule has 0 bridgehead atoms. The highest BCUT2D eigenvalue weighted by atomic mass is 16.5. The van der Waals surface area contributed by atoms with Gasteiger partial charge in [0.25, 0.3) is 0 Å². The molecule has 0 aliphatic rings. The minimum atomic E-state index is -0.808. The van der Waals surface area contributed by atoms with Crippen LogP contribution in [0.3, 0.4) is 0 Å². The molecule has 3 N–H and O–H groups in total. The Kier molecular flexibility index (Phi) is 46.3. The number of hydrogen-bond donors (Lipinski definition) is 3. The molecule has 0 saturated carbocycles. The molecule has 1 amide bonds. The zero-order chi connectivity index (χ0) is 45.2. The van der Waals surface area contributed by atoms with Crippen molar-refractivity contribution in [2.24, 2.45) is 0 Å². The highest BCUT2D eigenvalue weighted by Crippen LogP contribution is 2.16. The van der Waals surface area contributed by atoms with Crippen LogP contribution in [-0.2, 0) is 14.3 Å². The van der Waals surface area contributed by atoms with E-state index >= 15 is 0 Å². The van der Waals surface area contributed by atoms with Gasteiger partial charge in [0.05, 0.1) is 25.2 Å². The first kappa shape index (κ1) is 58.8. The molecule has 3 atom stereocenters. The molecule has 0 saturated heterocycles.